The Hall–Kier alpha value is -2.36. The largest absolute Gasteiger partial charge is 0.323 e. The molecule has 98 valence electrons. The van der Waals surface area contributed by atoms with Crippen molar-refractivity contribution in [2.75, 3.05) is 10.6 Å². The number of benzene rings is 2. The third kappa shape index (κ3) is 3.31. The first-order chi connectivity index (χ1) is 9.06. The molecule has 0 aliphatic carbocycles. The zero-order chi connectivity index (χ0) is 13.8. The second-order valence-electron chi connectivity index (χ2n) is 4.36. The minimum atomic E-state index is -0.464. The molecule has 19 heavy (non-hydrogen) atoms. The minimum absolute atomic E-state index is 0.156. The molecule has 2 rings (SSSR count). The van der Waals surface area contributed by atoms with Crippen molar-refractivity contribution in [3.8, 4) is 0 Å². The molecule has 0 radical (unpaired) electrons. The second kappa shape index (κ2) is 5.52. The molecular formula is C15H15FN2O. The molecule has 0 aliphatic heterocycles. The molecule has 2 aromatic carbocycles. The van der Waals surface area contributed by atoms with Gasteiger partial charge in [0.1, 0.15) is 5.82 Å². The average molecular weight is 258 g/mol. The fraction of sp³-hybridized carbons (Fsp3) is 0.133. The molecule has 4 heteroatoms. The van der Waals surface area contributed by atoms with Crippen LogP contribution in [0.2, 0.25) is 0 Å². The first-order valence-electron chi connectivity index (χ1n) is 5.96. The molecule has 0 heterocycles. The Balaban J connectivity index is 2.05. The molecule has 0 bridgehead atoms. The molecule has 0 aromatic heterocycles. The highest BCUT2D eigenvalue weighted by Crippen LogP contribution is 2.16. The van der Waals surface area contributed by atoms with E-state index in [0.717, 1.165) is 11.1 Å². The van der Waals surface area contributed by atoms with Crippen LogP contribution in [0, 0.1) is 19.7 Å². The number of para-hydroxylation sites is 1. The Morgan fingerprint density at radius 1 is 1.00 bits per heavy atom. The molecule has 0 atom stereocenters. The lowest BCUT2D eigenvalue weighted by atomic mass is 10.1. The van der Waals surface area contributed by atoms with E-state index in [4.69, 9.17) is 0 Å². The van der Waals surface area contributed by atoms with Crippen LogP contribution in [0.3, 0.4) is 0 Å². The van der Waals surface area contributed by atoms with Gasteiger partial charge in [-0.2, -0.15) is 0 Å². The van der Waals surface area contributed by atoms with Crippen LogP contribution in [0.5, 0.6) is 0 Å². The number of aryl methyl sites for hydroxylation is 2. The fourth-order valence-electron chi connectivity index (χ4n) is 1.67. The lowest BCUT2D eigenvalue weighted by Crippen LogP contribution is -2.20. The van der Waals surface area contributed by atoms with Gasteiger partial charge in [0.25, 0.3) is 0 Å². The first kappa shape index (κ1) is 13.1. The summed E-state index contributed by atoms with van der Waals surface area (Å²) in [7, 11) is 0. The van der Waals surface area contributed by atoms with Crippen molar-refractivity contribution in [3.05, 3.63) is 59.4 Å². The third-order valence-corrected chi connectivity index (χ3v) is 2.89. The van der Waals surface area contributed by atoms with Crippen molar-refractivity contribution in [1.82, 2.24) is 0 Å². The topological polar surface area (TPSA) is 41.1 Å². The maximum Gasteiger partial charge on any atom is 0.323 e. The number of hydrogen-bond acceptors (Lipinski definition) is 1. The highest BCUT2D eigenvalue weighted by molar-refractivity contribution is 5.99. The first-order valence-corrected chi connectivity index (χ1v) is 5.96. The van der Waals surface area contributed by atoms with E-state index in [1.807, 2.05) is 32.0 Å². The van der Waals surface area contributed by atoms with Gasteiger partial charge < -0.3 is 10.6 Å². The summed E-state index contributed by atoms with van der Waals surface area (Å²) in [6.07, 6.45) is 0. The van der Waals surface area contributed by atoms with Gasteiger partial charge >= 0.3 is 6.03 Å². The molecule has 0 saturated heterocycles. The van der Waals surface area contributed by atoms with Gasteiger partial charge in [0.15, 0.2) is 0 Å². The highest BCUT2D eigenvalue weighted by Gasteiger charge is 2.06. The summed E-state index contributed by atoms with van der Waals surface area (Å²) < 4.78 is 13.4. The molecule has 0 aliphatic rings. The van der Waals surface area contributed by atoms with Crippen molar-refractivity contribution in [1.29, 1.82) is 0 Å². The highest BCUT2D eigenvalue weighted by atomic mass is 19.1. The minimum Gasteiger partial charge on any atom is -0.308 e. The normalized spacial score (nSPS) is 10.1. The van der Waals surface area contributed by atoms with Crippen molar-refractivity contribution in [2.24, 2.45) is 0 Å². The summed E-state index contributed by atoms with van der Waals surface area (Å²) in [5.41, 5.74) is 3.07. The maximum atomic E-state index is 13.4. The number of nitrogens with one attached hydrogen (secondary N) is 2. The Kier molecular flexibility index (Phi) is 3.80. The van der Waals surface area contributed by atoms with Crippen LogP contribution in [0.15, 0.2) is 42.5 Å². The number of halogens is 1. The molecule has 0 saturated carbocycles. The van der Waals surface area contributed by atoms with Gasteiger partial charge in [0, 0.05) is 5.69 Å². The van der Waals surface area contributed by atoms with Crippen molar-refractivity contribution in [3.63, 3.8) is 0 Å². The van der Waals surface area contributed by atoms with Gasteiger partial charge in [-0.1, -0.05) is 18.2 Å². The van der Waals surface area contributed by atoms with Gasteiger partial charge in [-0.15, -0.1) is 0 Å². The molecule has 2 amide bonds. The van der Waals surface area contributed by atoms with Crippen molar-refractivity contribution in [2.45, 2.75) is 13.8 Å². The number of rotatable bonds is 2. The van der Waals surface area contributed by atoms with E-state index in [1.165, 1.54) is 12.1 Å². The Bertz CT molecular complexity index is 611. The van der Waals surface area contributed by atoms with Crippen molar-refractivity contribution >= 4 is 17.4 Å². The van der Waals surface area contributed by atoms with E-state index in [1.54, 1.807) is 12.1 Å². The Labute approximate surface area is 111 Å². The zero-order valence-electron chi connectivity index (χ0n) is 10.8. The molecular weight excluding hydrogens is 243 g/mol. The second-order valence-corrected chi connectivity index (χ2v) is 4.36. The SMILES string of the molecule is Cc1ccc(NC(=O)Nc2ccccc2F)cc1C. The number of urea groups is 1. The van der Waals surface area contributed by atoms with E-state index in [9.17, 15) is 9.18 Å². The van der Waals surface area contributed by atoms with E-state index < -0.39 is 11.8 Å². The molecule has 3 nitrogen and oxygen atoms in total. The van der Waals surface area contributed by atoms with E-state index >= 15 is 0 Å². The van der Waals surface area contributed by atoms with Gasteiger partial charge in [-0.05, 0) is 49.2 Å². The van der Waals surface area contributed by atoms with Crippen LogP contribution >= 0.6 is 0 Å². The number of hydrogen-bond donors (Lipinski definition) is 2. The van der Waals surface area contributed by atoms with Crippen LogP contribution in [-0.4, -0.2) is 6.03 Å². The quantitative estimate of drug-likeness (QED) is 0.837. The van der Waals surface area contributed by atoms with E-state index in [-0.39, 0.29) is 5.69 Å². The third-order valence-electron chi connectivity index (χ3n) is 2.89. The van der Waals surface area contributed by atoms with Crippen LogP contribution in [0.1, 0.15) is 11.1 Å². The monoisotopic (exact) mass is 258 g/mol. The molecule has 2 aromatic rings. The predicted octanol–water partition coefficient (Wildman–Crippen LogP) is 4.09. The summed E-state index contributed by atoms with van der Waals surface area (Å²) in [5.74, 6) is -0.460. The molecule has 0 fully saturated rings. The van der Waals surface area contributed by atoms with Crippen molar-refractivity contribution < 1.29 is 9.18 Å². The zero-order valence-corrected chi connectivity index (χ0v) is 10.8. The van der Waals surface area contributed by atoms with Gasteiger partial charge in [0.2, 0.25) is 0 Å². The lowest BCUT2D eigenvalue weighted by molar-refractivity contribution is 0.262. The number of carbonyl (C=O) groups is 1. The van der Waals surface area contributed by atoms with E-state index in [2.05, 4.69) is 10.6 Å². The lowest BCUT2D eigenvalue weighted by Gasteiger charge is -2.09. The van der Waals surface area contributed by atoms with Crippen LogP contribution in [0.4, 0.5) is 20.6 Å². The van der Waals surface area contributed by atoms with Gasteiger partial charge in [-0.25, -0.2) is 9.18 Å². The number of carbonyl (C=O) groups excluding carboxylic acids is 1. The number of anilines is 2. The molecule has 0 unspecified atom stereocenters. The average Bonchev–Trinajstić information content (AvgIpc) is 2.37. The molecule has 2 N–H and O–H groups in total. The fourth-order valence-corrected chi connectivity index (χ4v) is 1.67. The predicted molar refractivity (Wildman–Crippen MR) is 75.0 cm³/mol. The Morgan fingerprint density at radius 3 is 2.42 bits per heavy atom. The summed E-state index contributed by atoms with van der Waals surface area (Å²) in [5, 5.41) is 5.14. The number of amides is 2. The Morgan fingerprint density at radius 2 is 1.74 bits per heavy atom. The smallest absolute Gasteiger partial charge is 0.308 e. The summed E-state index contributed by atoms with van der Waals surface area (Å²) in [6.45, 7) is 3.97. The summed E-state index contributed by atoms with van der Waals surface area (Å²) in [4.78, 5) is 11.7. The maximum absolute atomic E-state index is 13.4. The summed E-state index contributed by atoms with van der Waals surface area (Å²) in [6, 6.07) is 11.2. The van der Waals surface area contributed by atoms with E-state index in [0.29, 0.717) is 5.69 Å². The van der Waals surface area contributed by atoms with Gasteiger partial charge in [-0.3, -0.25) is 0 Å². The molecule has 0 spiro atoms. The van der Waals surface area contributed by atoms with Crippen LogP contribution in [-0.2, 0) is 0 Å². The van der Waals surface area contributed by atoms with Crippen LogP contribution < -0.4 is 10.6 Å². The van der Waals surface area contributed by atoms with Gasteiger partial charge in [0.05, 0.1) is 5.69 Å². The van der Waals surface area contributed by atoms with Crippen LogP contribution in [0.25, 0.3) is 0 Å². The standard InChI is InChI=1S/C15H15FN2O/c1-10-7-8-12(9-11(10)2)17-15(19)18-14-6-4-3-5-13(14)16/h3-9H,1-2H3,(H2,17,18,19). The summed E-state index contributed by atoms with van der Waals surface area (Å²) >= 11 is 0.